The lowest BCUT2D eigenvalue weighted by Crippen LogP contribution is -2.37. The number of carbonyl (C=O) groups excluding carboxylic acids is 2. The Labute approximate surface area is 263 Å². The summed E-state index contributed by atoms with van der Waals surface area (Å²) >= 11 is 0. The second-order valence-corrected chi connectivity index (χ2v) is 11.7. The summed E-state index contributed by atoms with van der Waals surface area (Å²) in [5.41, 5.74) is 1.05. The molecule has 1 aliphatic heterocycles. The minimum Gasteiger partial charge on any atom is -0.449 e. The van der Waals surface area contributed by atoms with Gasteiger partial charge in [0.15, 0.2) is 5.82 Å². The summed E-state index contributed by atoms with van der Waals surface area (Å²) in [6.07, 6.45) is -7.06. The van der Waals surface area contributed by atoms with Gasteiger partial charge in [-0.15, -0.1) is 5.10 Å². The van der Waals surface area contributed by atoms with Crippen LogP contribution in [0.5, 0.6) is 0 Å². The van der Waals surface area contributed by atoms with Crippen molar-refractivity contribution in [2.24, 2.45) is 11.8 Å². The highest BCUT2D eigenvalue weighted by molar-refractivity contribution is 5.90. The molecule has 8 nitrogen and oxygen atoms in total. The van der Waals surface area contributed by atoms with E-state index in [4.69, 9.17) is 4.74 Å². The predicted molar refractivity (Wildman–Crippen MR) is 156 cm³/mol. The van der Waals surface area contributed by atoms with Gasteiger partial charge in [0, 0.05) is 54.7 Å². The first-order chi connectivity index (χ1) is 22.4. The topological polar surface area (TPSA) is 89.4 Å². The molecule has 1 saturated heterocycles. The molecule has 47 heavy (non-hydrogen) atoms. The van der Waals surface area contributed by atoms with E-state index in [0.29, 0.717) is 25.2 Å². The smallest absolute Gasteiger partial charge is 0.416 e. The quantitative estimate of drug-likeness (QED) is 0.191. The number of carbonyl (C=O) groups is 2. The third-order valence-electron chi connectivity index (χ3n) is 8.86. The Morgan fingerprint density at radius 3 is 2.02 bits per heavy atom. The number of alkyl halides is 6. The van der Waals surface area contributed by atoms with Gasteiger partial charge in [0.1, 0.15) is 12.9 Å². The second kappa shape index (κ2) is 11.3. The Bertz CT molecular complexity index is 1810. The normalized spacial score (nSPS) is 20.2. The molecule has 2 atom stereocenters. The molecule has 1 aromatic heterocycles. The first kappa shape index (κ1) is 30.5. The van der Waals surface area contributed by atoms with E-state index < -0.39 is 35.1 Å². The van der Waals surface area contributed by atoms with Crippen LogP contribution in [0.25, 0.3) is 28.7 Å². The average Bonchev–Trinajstić information content (AvgIpc) is 3.46. The highest BCUT2D eigenvalue weighted by Crippen LogP contribution is 2.47. The summed E-state index contributed by atoms with van der Waals surface area (Å²) in [6, 6.07) is 17.1. The van der Waals surface area contributed by atoms with Crippen LogP contribution in [0.4, 0.5) is 31.1 Å². The fourth-order valence-electron chi connectivity index (χ4n) is 6.51. The van der Waals surface area contributed by atoms with Crippen LogP contribution in [0.15, 0.2) is 79.1 Å². The highest BCUT2D eigenvalue weighted by atomic mass is 19.4. The molecule has 14 heteroatoms. The minimum absolute atomic E-state index is 0.0253. The zero-order valence-corrected chi connectivity index (χ0v) is 24.3. The van der Waals surface area contributed by atoms with Gasteiger partial charge in [0.05, 0.1) is 11.1 Å². The van der Waals surface area contributed by atoms with Crippen molar-refractivity contribution >= 4 is 18.2 Å². The molecule has 2 fully saturated rings. The average molecular weight is 654 g/mol. The summed E-state index contributed by atoms with van der Waals surface area (Å²) < 4.78 is 86.0. The van der Waals surface area contributed by atoms with Crippen molar-refractivity contribution < 1.29 is 40.7 Å². The number of aromatic nitrogens is 3. The number of likely N-dealkylation sites (tertiary alicyclic amines) is 1. The molecule has 0 spiro atoms. The van der Waals surface area contributed by atoms with Crippen LogP contribution in [-0.2, 0) is 21.9 Å². The third kappa shape index (κ3) is 5.95. The zero-order chi connectivity index (χ0) is 33.1. The molecular formula is C33H25F6N5O3. The van der Waals surface area contributed by atoms with Gasteiger partial charge in [-0.25, -0.2) is 14.5 Å². The molecule has 3 aliphatic rings. The van der Waals surface area contributed by atoms with Crippen LogP contribution in [0.2, 0.25) is 0 Å². The lowest BCUT2D eigenvalue weighted by Gasteiger charge is -2.19. The van der Waals surface area contributed by atoms with E-state index >= 15 is 0 Å². The number of ether oxygens (including phenoxy) is 1. The Morgan fingerprint density at radius 1 is 0.872 bits per heavy atom. The first-order valence-electron chi connectivity index (χ1n) is 14.7. The molecule has 2 aliphatic carbocycles. The Balaban J connectivity index is 0.918. The molecule has 7 rings (SSSR count). The number of piperidine rings is 1. The third-order valence-corrected chi connectivity index (χ3v) is 8.86. The first-order valence-corrected chi connectivity index (χ1v) is 14.7. The summed E-state index contributed by atoms with van der Waals surface area (Å²) in [5.74, 6) is -0.671. The molecule has 0 radical (unpaired) electrons. The molecule has 242 valence electrons. The van der Waals surface area contributed by atoms with Crippen LogP contribution in [-0.4, -0.2) is 57.4 Å². The van der Waals surface area contributed by atoms with E-state index in [1.807, 2.05) is 36.4 Å². The van der Waals surface area contributed by atoms with Gasteiger partial charge in [-0.2, -0.15) is 26.3 Å². The van der Waals surface area contributed by atoms with Gasteiger partial charge in [0.25, 0.3) is 0 Å². The van der Waals surface area contributed by atoms with Crippen LogP contribution in [0.1, 0.15) is 28.2 Å². The molecular weight excluding hydrogens is 628 g/mol. The van der Waals surface area contributed by atoms with E-state index in [2.05, 4.69) is 27.5 Å². The largest absolute Gasteiger partial charge is 0.449 e. The van der Waals surface area contributed by atoms with Gasteiger partial charge >= 0.3 is 18.4 Å². The molecule has 3 aromatic carbocycles. The number of hydrogen-bond donors (Lipinski definition) is 1. The fourth-order valence-corrected chi connectivity index (χ4v) is 6.51. The predicted octanol–water partition coefficient (Wildman–Crippen LogP) is 6.45. The number of nitrogens with one attached hydrogen (secondary N) is 1. The van der Waals surface area contributed by atoms with Crippen molar-refractivity contribution in [3.63, 3.8) is 0 Å². The number of halogens is 6. The summed E-state index contributed by atoms with van der Waals surface area (Å²) in [7, 11) is 0. The number of rotatable bonds is 6. The molecule has 1 saturated carbocycles. The van der Waals surface area contributed by atoms with E-state index in [1.165, 1.54) is 12.3 Å². The van der Waals surface area contributed by atoms with E-state index in [1.54, 1.807) is 4.90 Å². The van der Waals surface area contributed by atoms with Gasteiger partial charge < -0.3 is 15.0 Å². The summed E-state index contributed by atoms with van der Waals surface area (Å²) in [5, 5.41) is 6.83. The van der Waals surface area contributed by atoms with Crippen molar-refractivity contribution in [2.45, 2.75) is 24.3 Å². The molecule has 0 bridgehead atoms. The number of alkyl carbamates (subject to hydrolysis) is 1. The molecule has 2 amide bonds. The summed E-state index contributed by atoms with van der Waals surface area (Å²) in [4.78, 5) is 30.8. The van der Waals surface area contributed by atoms with Gasteiger partial charge in [-0.1, -0.05) is 48.5 Å². The number of amides is 2. The summed E-state index contributed by atoms with van der Waals surface area (Å²) in [6.45, 7) is 0.989. The van der Waals surface area contributed by atoms with Gasteiger partial charge in [-0.05, 0) is 40.5 Å². The lowest BCUT2D eigenvalue weighted by molar-refractivity contribution is -0.143. The molecule has 2 unspecified atom stereocenters. The van der Waals surface area contributed by atoms with Crippen LogP contribution >= 0.6 is 0 Å². The molecule has 2 heterocycles. The standard InChI is InChI=1S/C33H25F6N5O3/c34-32(35,36)19-11-18(12-20(13-19)33(37,38)39)30-40-17-44(42-30)10-9-28(45)43-14-25-26(15-43)29(25)41-31(46)47-16-27-23-7-3-1-5-21(23)22-6-2-4-8-24(22)27/h1-13,17,25-27,29H,14-16H2,(H,41,46)/b10-9-. The fraction of sp³-hybridized carbons (Fsp3) is 0.273. The second-order valence-electron chi connectivity index (χ2n) is 11.7. The van der Waals surface area contributed by atoms with Crippen LogP contribution < -0.4 is 5.32 Å². The Hall–Kier alpha value is -5.14. The Morgan fingerprint density at radius 2 is 1.45 bits per heavy atom. The van der Waals surface area contributed by atoms with Crippen molar-refractivity contribution in [3.8, 4) is 22.5 Å². The highest BCUT2D eigenvalue weighted by Gasteiger charge is 2.57. The van der Waals surface area contributed by atoms with E-state index in [9.17, 15) is 35.9 Å². The maximum absolute atomic E-state index is 13.2. The maximum atomic E-state index is 13.2. The molecule has 1 N–H and O–H groups in total. The van der Waals surface area contributed by atoms with Crippen molar-refractivity contribution in [1.29, 1.82) is 0 Å². The van der Waals surface area contributed by atoms with Crippen LogP contribution in [0.3, 0.4) is 0 Å². The number of benzene rings is 3. The number of hydrogen-bond acceptors (Lipinski definition) is 5. The maximum Gasteiger partial charge on any atom is 0.416 e. The monoisotopic (exact) mass is 653 g/mol. The van der Waals surface area contributed by atoms with Crippen molar-refractivity contribution in [3.05, 3.63) is 101 Å². The Kier molecular flexibility index (Phi) is 7.32. The SMILES string of the molecule is O=C(NC1C2CN(C(=O)/C=C\n3cnc(-c4cc(C(F)(F)F)cc(C(F)(F)F)c4)n3)CC21)OCC1c2ccccc2-c2ccccc21. The number of nitrogens with zero attached hydrogens (tertiary/aromatic N) is 4. The van der Waals surface area contributed by atoms with E-state index in [0.717, 1.165) is 33.3 Å². The van der Waals surface area contributed by atoms with Crippen molar-refractivity contribution in [2.75, 3.05) is 19.7 Å². The van der Waals surface area contributed by atoms with E-state index in [-0.39, 0.29) is 48.2 Å². The zero-order valence-electron chi connectivity index (χ0n) is 24.3. The number of fused-ring (bicyclic) bond motifs is 4. The van der Waals surface area contributed by atoms with Gasteiger partial charge in [-0.3, -0.25) is 4.79 Å². The van der Waals surface area contributed by atoms with Crippen LogP contribution in [0, 0.1) is 11.8 Å². The van der Waals surface area contributed by atoms with Gasteiger partial charge in [0.2, 0.25) is 5.91 Å². The lowest BCUT2D eigenvalue weighted by atomic mass is 9.98. The molecule has 4 aromatic rings. The van der Waals surface area contributed by atoms with Crippen molar-refractivity contribution in [1.82, 2.24) is 25.0 Å². The minimum atomic E-state index is -5.01.